The van der Waals surface area contributed by atoms with Gasteiger partial charge in [-0.15, -0.1) is 0 Å². The molecular weight excluding hydrogens is 418 g/mol. The minimum Gasteiger partial charge on any atom is -0.383 e. The second-order valence-electron chi connectivity index (χ2n) is 9.43. The molecule has 6 rings (SSSR count). The van der Waals surface area contributed by atoms with Crippen molar-refractivity contribution >= 4 is 27.8 Å². The van der Waals surface area contributed by atoms with Gasteiger partial charge in [0.2, 0.25) is 0 Å². The molecule has 5 heterocycles. The summed E-state index contributed by atoms with van der Waals surface area (Å²) in [5, 5.41) is 1.96. The lowest BCUT2D eigenvalue weighted by molar-refractivity contribution is -0.196. The molecule has 4 aromatic rings. The zero-order chi connectivity index (χ0) is 22.7. The number of anilines is 1. The van der Waals surface area contributed by atoms with E-state index in [1.165, 1.54) is 11.9 Å². The zero-order valence-electron chi connectivity index (χ0n) is 18.9. The Morgan fingerprint density at radius 2 is 1.91 bits per heavy atom. The van der Waals surface area contributed by atoms with Crippen LogP contribution in [0, 0.1) is 6.92 Å². The van der Waals surface area contributed by atoms with Crippen LogP contribution in [0.4, 0.5) is 5.82 Å². The van der Waals surface area contributed by atoms with Crippen LogP contribution < -0.4 is 5.73 Å². The molecule has 0 bridgehead atoms. The highest BCUT2D eigenvalue weighted by Crippen LogP contribution is 2.45. The number of fused-ring (bicyclic) bond motifs is 3. The fraction of sp³-hybridized carbons (Fsp3) is 0.400. The molecule has 1 aromatic carbocycles. The Balaban J connectivity index is 1.27. The van der Waals surface area contributed by atoms with Gasteiger partial charge < -0.3 is 24.5 Å². The van der Waals surface area contributed by atoms with Crippen LogP contribution in [0.25, 0.3) is 21.9 Å². The number of rotatable bonds is 4. The van der Waals surface area contributed by atoms with Gasteiger partial charge in [0.15, 0.2) is 12.0 Å². The van der Waals surface area contributed by atoms with E-state index in [1.807, 2.05) is 36.9 Å². The molecule has 0 amide bonds. The summed E-state index contributed by atoms with van der Waals surface area (Å²) < 4.78 is 21.1. The van der Waals surface area contributed by atoms with Gasteiger partial charge in [-0.3, -0.25) is 4.98 Å². The molecule has 3 aromatic heterocycles. The van der Waals surface area contributed by atoms with Crippen molar-refractivity contribution in [2.75, 3.05) is 5.73 Å². The maximum atomic E-state index is 6.54. The summed E-state index contributed by atoms with van der Waals surface area (Å²) in [7, 11) is 0. The number of aryl methyl sites for hydroxylation is 2. The largest absolute Gasteiger partial charge is 0.383 e. The lowest BCUT2D eigenvalue weighted by Gasteiger charge is -2.25. The predicted octanol–water partition coefficient (Wildman–Crippen LogP) is 3.92. The van der Waals surface area contributed by atoms with Crippen LogP contribution in [0.15, 0.2) is 49.1 Å². The fourth-order valence-electron chi connectivity index (χ4n) is 5.05. The number of hydrogen-bond acceptors (Lipinski definition) is 7. The summed E-state index contributed by atoms with van der Waals surface area (Å²) in [6, 6.07) is 10.5. The van der Waals surface area contributed by atoms with Crippen molar-refractivity contribution in [3.05, 3.63) is 60.2 Å². The normalized spacial score (nSPS) is 26.3. The second-order valence-corrected chi connectivity index (χ2v) is 9.43. The number of pyridine rings is 1. The lowest BCUT2D eigenvalue weighted by Crippen LogP contribution is -2.29. The number of hydrogen-bond donors (Lipinski definition) is 1. The van der Waals surface area contributed by atoms with Crippen LogP contribution in [0.2, 0.25) is 0 Å². The van der Waals surface area contributed by atoms with Crippen molar-refractivity contribution in [2.24, 2.45) is 0 Å². The van der Waals surface area contributed by atoms with Gasteiger partial charge >= 0.3 is 0 Å². The Labute approximate surface area is 191 Å². The van der Waals surface area contributed by atoms with Gasteiger partial charge in [0.1, 0.15) is 30.0 Å². The summed E-state index contributed by atoms with van der Waals surface area (Å²) in [5.74, 6) is -0.217. The van der Waals surface area contributed by atoms with E-state index in [0.29, 0.717) is 5.82 Å². The minimum absolute atomic E-state index is 0.111. The van der Waals surface area contributed by atoms with E-state index in [-0.39, 0.29) is 24.5 Å². The van der Waals surface area contributed by atoms with Crippen LogP contribution >= 0.6 is 0 Å². The highest BCUT2D eigenvalue weighted by molar-refractivity contribution is 5.86. The molecular formula is C25H27N5O3. The maximum absolute atomic E-state index is 6.54. The van der Waals surface area contributed by atoms with E-state index in [4.69, 9.17) is 19.9 Å². The van der Waals surface area contributed by atoms with Crippen LogP contribution in [-0.4, -0.2) is 43.6 Å². The van der Waals surface area contributed by atoms with E-state index in [1.54, 1.807) is 0 Å². The predicted molar refractivity (Wildman–Crippen MR) is 124 cm³/mol. The number of nitrogens with two attached hydrogens (primary N) is 1. The van der Waals surface area contributed by atoms with Gasteiger partial charge in [0, 0.05) is 17.8 Å². The van der Waals surface area contributed by atoms with Gasteiger partial charge in [0.25, 0.3) is 0 Å². The molecule has 2 aliphatic rings. The number of benzene rings is 1. The van der Waals surface area contributed by atoms with E-state index >= 15 is 0 Å². The van der Waals surface area contributed by atoms with Crippen molar-refractivity contribution in [1.82, 2.24) is 19.5 Å². The van der Waals surface area contributed by atoms with Crippen LogP contribution in [-0.2, 0) is 20.6 Å². The third-order valence-corrected chi connectivity index (χ3v) is 6.54. The molecule has 33 heavy (non-hydrogen) atoms. The molecule has 8 heteroatoms. The monoisotopic (exact) mass is 445 g/mol. The molecule has 2 aliphatic heterocycles. The number of nitrogen functional groups attached to an aromatic ring is 1. The molecule has 0 unspecified atom stereocenters. The van der Waals surface area contributed by atoms with Gasteiger partial charge in [-0.25, -0.2) is 9.97 Å². The Hall–Kier alpha value is -3.07. The van der Waals surface area contributed by atoms with Crippen molar-refractivity contribution < 1.29 is 14.2 Å². The molecule has 8 nitrogen and oxygen atoms in total. The average molecular weight is 446 g/mol. The van der Waals surface area contributed by atoms with Crippen LogP contribution in [0.1, 0.15) is 37.6 Å². The number of nitrogens with zero attached hydrogens (tertiary/aromatic N) is 4. The standard InChI is InChI=1S/C25H27N5O3/c1-14-10-16-6-4-15(11-18(16)27-12-14)5-7-19-20-21(33-25(2,3)32-20)24(31-19)30-9-8-17-22(26)28-13-29-23(17)30/h4,6,8-13,19-21,24H,5,7H2,1-3H3,(H2,26,28,29)/t19-,20-,21-,24-/m1/s1. The molecule has 0 saturated carbocycles. The van der Waals surface area contributed by atoms with Gasteiger partial charge in [-0.1, -0.05) is 12.1 Å². The molecule has 0 aliphatic carbocycles. The minimum atomic E-state index is -0.669. The van der Waals surface area contributed by atoms with Crippen molar-refractivity contribution in [1.29, 1.82) is 0 Å². The molecule has 2 saturated heterocycles. The van der Waals surface area contributed by atoms with Crippen molar-refractivity contribution in [3.8, 4) is 0 Å². The summed E-state index contributed by atoms with van der Waals surface area (Å²) in [5.41, 5.74) is 10.2. The fourth-order valence-corrected chi connectivity index (χ4v) is 5.05. The van der Waals surface area contributed by atoms with E-state index in [0.717, 1.165) is 40.3 Å². The molecule has 0 radical (unpaired) electrons. The van der Waals surface area contributed by atoms with E-state index in [2.05, 4.69) is 46.1 Å². The third kappa shape index (κ3) is 3.55. The highest BCUT2D eigenvalue weighted by Gasteiger charge is 2.55. The Bertz CT molecular complexity index is 1350. The SMILES string of the molecule is Cc1cnc2cc(CC[C@H]3O[C@@H](n4ccc5c(N)ncnc54)[C@@H]4OC(C)(C)O[C@@H]43)ccc2c1. The molecule has 0 spiro atoms. The van der Waals surface area contributed by atoms with Gasteiger partial charge in [0.05, 0.1) is 17.0 Å². The quantitative estimate of drug-likeness (QED) is 0.508. The summed E-state index contributed by atoms with van der Waals surface area (Å²) >= 11 is 0. The average Bonchev–Trinajstić information content (AvgIpc) is 3.44. The van der Waals surface area contributed by atoms with Crippen LogP contribution in [0.3, 0.4) is 0 Å². The first kappa shape index (κ1) is 20.5. The zero-order valence-corrected chi connectivity index (χ0v) is 18.9. The van der Waals surface area contributed by atoms with Gasteiger partial charge in [-0.2, -0.15) is 0 Å². The highest BCUT2D eigenvalue weighted by atomic mass is 16.8. The summed E-state index contributed by atoms with van der Waals surface area (Å²) in [4.78, 5) is 13.1. The van der Waals surface area contributed by atoms with E-state index < -0.39 is 5.79 Å². The molecule has 2 N–H and O–H groups in total. The molecule has 4 atom stereocenters. The first-order valence-electron chi connectivity index (χ1n) is 11.3. The topological polar surface area (TPSA) is 97.3 Å². The maximum Gasteiger partial charge on any atom is 0.164 e. The molecule has 2 fully saturated rings. The van der Waals surface area contributed by atoms with Crippen LogP contribution in [0.5, 0.6) is 0 Å². The molecule has 170 valence electrons. The summed E-state index contributed by atoms with van der Waals surface area (Å²) in [6.07, 6.45) is 6.12. The lowest BCUT2D eigenvalue weighted by atomic mass is 10.0. The Morgan fingerprint density at radius 3 is 2.79 bits per heavy atom. The van der Waals surface area contributed by atoms with E-state index in [9.17, 15) is 0 Å². The third-order valence-electron chi connectivity index (χ3n) is 6.54. The first-order chi connectivity index (χ1) is 15.9. The smallest absolute Gasteiger partial charge is 0.164 e. The first-order valence-corrected chi connectivity index (χ1v) is 11.3. The van der Waals surface area contributed by atoms with Crippen molar-refractivity contribution in [2.45, 2.75) is 63.9 Å². The van der Waals surface area contributed by atoms with Crippen molar-refractivity contribution in [3.63, 3.8) is 0 Å². The Kier molecular flexibility index (Phi) is 4.65. The Morgan fingerprint density at radius 1 is 1.06 bits per heavy atom. The second kappa shape index (κ2) is 7.48. The number of aromatic nitrogens is 4. The summed E-state index contributed by atoms with van der Waals surface area (Å²) in [6.45, 7) is 5.96. The van der Waals surface area contributed by atoms with Gasteiger partial charge in [-0.05, 0) is 62.9 Å². The number of ether oxygens (including phenoxy) is 3.